The summed E-state index contributed by atoms with van der Waals surface area (Å²) in [5.41, 5.74) is 0. The third-order valence-corrected chi connectivity index (χ3v) is 3.62. The molecule has 0 aliphatic heterocycles. The largest absolute Gasteiger partial charge is 0.299 e. The van der Waals surface area contributed by atoms with E-state index in [0.29, 0.717) is 6.42 Å². The second-order valence-electron chi connectivity index (χ2n) is 5.30. The molecule has 2 heteroatoms. The van der Waals surface area contributed by atoms with Crippen LogP contribution in [-0.2, 0) is 0 Å². The fourth-order valence-electron chi connectivity index (χ4n) is 2.38. The van der Waals surface area contributed by atoms with E-state index in [1.165, 1.54) is 64.3 Å². The van der Waals surface area contributed by atoms with Gasteiger partial charge in [-0.25, -0.2) is 0 Å². The van der Waals surface area contributed by atoms with Crippen molar-refractivity contribution in [2.24, 2.45) is 0 Å². The van der Waals surface area contributed by atoms with E-state index in [4.69, 9.17) is 5.26 Å². The van der Waals surface area contributed by atoms with Crippen molar-refractivity contribution in [3.8, 4) is 6.07 Å². The van der Waals surface area contributed by atoms with Crippen molar-refractivity contribution in [1.29, 1.82) is 5.26 Å². The van der Waals surface area contributed by atoms with Crippen molar-refractivity contribution in [1.82, 2.24) is 4.90 Å². The summed E-state index contributed by atoms with van der Waals surface area (Å²) in [6.45, 7) is 4.49. The van der Waals surface area contributed by atoms with Crippen LogP contribution >= 0.6 is 0 Å². The highest BCUT2D eigenvalue weighted by Crippen LogP contribution is 2.27. The first-order chi connectivity index (χ1) is 8.38. The lowest BCUT2D eigenvalue weighted by Gasteiger charge is -2.20. The maximum absolute atomic E-state index is 8.63. The molecular weight excluding hydrogens is 208 g/mol. The van der Waals surface area contributed by atoms with E-state index < -0.39 is 0 Å². The van der Waals surface area contributed by atoms with Gasteiger partial charge < -0.3 is 0 Å². The topological polar surface area (TPSA) is 27.0 Å². The summed E-state index contributed by atoms with van der Waals surface area (Å²) in [6, 6.07) is 3.09. The van der Waals surface area contributed by atoms with Crippen LogP contribution in [-0.4, -0.2) is 24.0 Å². The molecule has 0 radical (unpaired) electrons. The first kappa shape index (κ1) is 14.5. The maximum Gasteiger partial charge on any atom is 0.0635 e. The standard InChI is InChI=1S/C15H28N2/c1-2-3-4-5-6-7-8-13-17(14-9-12-16)15-10-11-15/h15H,2-11,13-14H2,1H3. The molecule has 0 aromatic rings. The van der Waals surface area contributed by atoms with E-state index in [-0.39, 0.29) is 0 Å². The molecule has 0 aromatic heterocycles. The fraction of sp³-hybridized carbons (Fsp3) is 0.933. The minimum Gasteiger partial charge on any atom is -0.299 e. The average Bonchev–Trinajstić information content (AvgIpc) is 3.16. The molecule has 0 saturated heterocycles. The minimum atomic E-state index is 0.701. The van der Waals surface area contributed by atoms with Gasteiger partial charge in [-0.05, 0) is 25.8 Å². The number of rotatable bonds is 11. The van der Waals surface area contributed by atoms with Crippen LogP contribution in [0.1, 0.15) is 71.1 Å². The summed E-state index contributed by atoms with van der Waals surface area (Å²) in [4.78, 5) is 2.54. The smallest absolute Gasteiger partial charge is 0.0635 e. The summed E-state index contributed by atoms with van der Waals surface area (Å²) in [6.07, 6.45) is 13.1. The maximum atomic E-state index is 8.63. The van der Waals surface area contributed by atoms with Crippen LogP contribution in [0.3, 0.4) is 0 Å². The zero-order valence-electron chi connectivity index (χ0n) is 11.5. The highest BCUT2D eigenvalue weighted by atomic mass is 15.2. The lowest BCUT2D eigenvalue weighted by atomic mass is 10.1. The molecule has 0 unspecified atom stereocenters. The van der Waals surface area contributed by atoms with Crippen LogP contribution in [0.5, 0.6) is 0 Å². The van der Waals surface area contributed by atoms with Crippen molar-refractivity contribution >= 4 is 0 Å². The summed E-state index contributed by atoms with van der Waals surface area (Å²) >= 11 is 0. The van der Waals surface area contributed by atoms with Gasteiger partial charge in [0, 0.05) is 19.0 Å². The quantitative estimate of drug-likeness (QED) is 0.505. The van der Waals surface area contributed by atoms with Crippen molar-refractivity contribution in [3.63, 3.8) is 0 Å². The Kier molecular flexibility index (Phi) is 8.09. The van der Waals surface area contributed by atoms with Crippen LogP contribution in [0.2, 0.25) is 0 Å². The zero-order valence-corrected chi connectivity index (χ0v) is 11.5. The molecule has 0 spiro atoms. The highest BCUT2D eigenvalue weighted by Gasteiger charge is 2.27. The van der Waals surface area contributed by atoms with Gasteiger partial charge >= 0.3 is 0 Å². The fourth-order valence-corrected chi connectivity index (χ4v) is 2.38. The molecule has 0 atom stereocenters. The van der Waals surface area contributed by atoms with Gasteiger partial charge in [0.05, 0.1) is 6.07 Å². The monoisotopic (exact) mass is 236 g/mol. The van der Waals surface area contributed by atoms with Gasteiger partial charge in [-0.1, -0.05) is 45.4 Å². The average molecular weight is 236 g/mol. The summed E-state index contributed by atoms with van der Waals surface area (Å²) in [5, 5.41) is 8.63. The van der Waals surface area contributed by atoms with Gasteiger partial charge in [-0.2, -0.15) is 5.26 Å². The molecule has 1 saturated carbocycles. The van der Waals surface area contributed by atoms with Crippen molar-refractivity contribution in [2.75, 3.05) is 13.1 Å². The van der Waals surface area contributed by atoms with E-state index in [2.05, 4.69) is 17.9 Å². The third kappa shape index (κ3) is 7.39. The molecular formula is C15H28N2. The lowest BCUT2D eigenvalue weighted by Crippen LogP contribution is -2.28. The Balaban J connectivity index is 1.93. The Morgan fingerprint density at radius 1 is 1.00 bits per heavy atom. The SMILES string of the molecule is CCCCCCCCCN(CCC#N)C1CC1. The molecule has 1 aliphatic carbocycles. The van der Waals surface area contributed by atoms with E-state index >= 15 is 0 Å². The van der Waals surface area contributed by atoms with Crippen LogP contribution in [0.25, 0.3) is 0 Å². The predicted octanol–water partition coefficient (Wildman–Crippen LogP) is 4.12. The minimum absolute atomic E-state index is 0.701. The number of hydrogen-bond acceptors (Lipinski definition) is 2. The van der Waals surface area contributed by atoms with E-state index in [9.17, 15) is 0 Å². The lowest BCUT2D eigenvalue weighted by molar-refractivity contribution is 0.262. The number of nitriles is 1. The van der Waals surface area contributed by atoms with Crippen LogP contribution in [0.15, 0.2) is 0 Å². The normalized spacial score (nSPS) is 15.1. The van der Waals surface area contributed by atoms with Crippen LogP contribution < -0.4 is 0 Å². The number of hydrogen-bond donors (Lipinski definition) is 0. The highest BCUT2D eigenvalue weighted by molar-refractivity contribution is 4.86. The molecule has 1 fully saturated rings. The summed E-state index contributed by atoms with van der Waals surface area (Å²) < 4.78 is 0. The van der Waals surface area contributed by atoms with Crippen molar-refractivity contribution < 1.29 is 0 Å². The van der Waals surface area contributed by atoms with Gasteiger partial charge in [-0.3, -0.25) is 4.90 Å². The molecule has 2 nitrogen and oxygen atoms in total. The molecule has 0 N–H and O–H groups in total. The van der Waals surface area contributed by atoms with Crippen LogP contribution in [0.4, 0.5) is 0 Å². The first-order valence-corrected chi connectivity index (χ1v) is 7.49. The van der Waals surface area contributed by atoms with E-state index in [0.717, 1.165) is 12.6 Å². The Morgan fingerprint density at radius 3 is 2.24 bits per heavy atom. The van der Waals surface area contributed by atoms with Crippen LogP contribution in [0, 0.1) is 11.3 Å². The Labute approximate surface area is 107 Å². The van der Waals surface area contributed by atoms with Gasteiger partial charge in [0.1, 0.15) is 0 Å². The van der Waals surface area contributed by atoms with Gasteiger partial charge in [0.2, 0.25) is 0 Å². The Hall–Kier alpha value is -0.550. The third-order valence-electron chi connectivity index (χ3n) is 3.62. The van der Waals surface area contributed by atoms with Crippen molar-refractivity contribution in [3.05, 3.63) is 0 Å². The second-order valence-corrected chi connectivity index (χ2v) is 5.30. The molecule has 1 aliphatic rings. The Bertz CT molecular complexity index is 215. The van der Waals surface area contributed by atoms with Gasteiger partial charge in [0.25, 0.3) is 0 Å². The number of nitrogens with zero attached hydrogens (tertiary/aromatic N) is 2. The summed E-state index contributed by atoms with van der Waals surface area (Å²) in [7, 11) is 0. The van der Waals surface area contributed by atoms with Gasteiger partial charge in [-0.15, -0.1) is 0 Å². The molecule has 0 aromatic carbocycles. The van der Waals surface area contributed by atoms with E-state index in [1.807, 2.05) is 0 Å². The molecule has 0 bridgehead atoms. The second kappa shape index (κ2) is 9.48. The van der Waals surface area contributed by atoms with E-state index in [1.54, 1.807) is 0 Å². The predicted molar refractivity (Wildman–Crippen MR) is 72.8 cm³/mol. The zero-order chi connectivity index (χ0) is 12.3. The Morgan fingerprint density at radius 2 is 1.65 bits per heavy atom. The molecule has 17 heavy (non-hydrogen) atoms. The number of unbranched alkanes of at least 4 members (excludes halogenated alkanes) is 6. The van der Waals surface area contributed by atoms with Gasteiger partial charge in [0.15, 0.2) is 0 Å². The van der Waals surface area contributed by atoms with Crippen molar-refractivity contribution in [2.45, 2.75) is 77.2 Å². The summed E-state index contributed by atoms with van der Waals surface area (Å²) in [5.74, 6) is 0. The molecule has 0 amide bonds. The first-order valence-electron chi connectivity index (χ1n) is 7.49. The molecule has 1 rings (SSSR count). The molecule has 0 heterocycles. The molecule has 98 valence electrons.